The number of hydrogen-bond acceptors (Lipinski definition) is 6. The molecule has 0 aliphatic rings. The summed E-state index contributed by atoms with van der Waals surface area (Å²) in [4.78, 5) is 28.2. The van der Waals surface area contributed by atoms with Gasteiger partial charge in [0.05, 0.1) is 31.8 Å². The minimum absolute atomic E-state index is 0.287. The summed E-state index contributed by atoms with van der Waals surface area (Å²) in [6.07, 6.45) is 0. The summed E-state index contributed by atoms with van der Waals surface area (Å²) in [6, 6.07) is 10.9. The second-order valence-electron chi connectivity index (χ2n) is 4.33. The van der Waals surface area contributed by atoms with Gasteiger partial charge in [-0.1, -0.05) is 12.1 Å². The minimum atomic E-state index is -0.664. The molecule has 0 atom stereocenters. The van der Waals surface area contributed by atoms with Gasteiger partial charge in [-0.3, -0.25) is 20.2 Å². The molecule has 2 aromatic carbocycles. The standard InChI is InChI=1S/C13H8N4O4S/c18-16(19)8-5-6-12(11(7-8)17(20)21)22-13-14-9-3-1-2-4-10(9)15-13/h1-7H,(H,14,15). The summed E-state index contributed by atoms with van der Waals surface area (Å²) in [5.74, 6) is 0. The Labute approximate surface area is 127 Å². The molecule has 110 valence electrons. The van der Waals surface area contributed by atoms with Crippen molar-refractivity contribution in [3.63, 3.8) is 0 Å². The lowest BCUT2D eigenvalue weighted by atomic mass is 10.3. The predicted octanol–water partition coefficient (Wildman–Crippen LogP) is 3.53. The summed E-state index contributed by atoms with van der Waals surface area (Å²) < 4.78 is 0. The zero-order valence-corrected chi connectivity index (χ0v) is 11.7. The van der Waals surface area contributed by atoms with Gasteiger partial charge in [0.15, 0.2) is 5.16 Å². The average molecular weight is 316 g/mol. The summed E-state index contributed by atoms with van der Waals surface area (Å²) in [7, 11) is 0. The molecule has 22 heavy (non-hydrogen) atoms. The van der Waals surface area contributed by atoms with Crippen LogP contribution in [0, 0.1) is 20.2 Å². The Morgan fingerprint density at radius 1 is 1.05 bits per heavy atom. The lowest BCUT2D eigenvalue weighted by Crippen LogP contribution is -1.94. The zero-order valence-electron chi connectivity index (χ0n) is 10.9. The SMILES string of the molecule is O=[N+]([O-])c1ccc(Sc2nc3ccccc3[nH]2)c([N+](=O)[O-])c1. The third-order valence-electron chi connectivity index (χ3n) is 2.92. The molecule has 9 heteroatoms. The highest BCUT2D eigenvalue weighted by Gasteiger charge is 2.21. The van der Waals surface area contributed by atoms with Crippen LogP contribution in [-0.2, 0) is 0 Å². The number of H-pyrrole nitrogens is 1. The van der Waals surface area contributed by atoms with Crippen molar-refractivity contribution < 1.29 is 9.85 Å². The van der Waals surface area contributed by atoms with Gasteiger partial charge in [-0.15, -0.1) is 0 Å². The molecular formula is C13H8N4O4S. The number of non-ortho nitro benzene ring substituents is 1. The van der Waals surface area contributed by atoms with Crippen LogP contribution in [0.4, 0.5) is 11.4 Å². The first-order valence-electron chi connectivity index (χ1n) is 6.10. The second kappa shape index (κ2) is 5.45. The molecular weight excluding hydrogens is 308 g/mol. The van der Waals surface area contributed by atoms with E-state index in [4.69, 9.17) is 0 Å². The number of nitrogens with one attached hydrogen (secondary N) is 1. The molecule has 1 N–H and O–H groups in total. The molecule has 8 nitrogen and oxygen atoms in total. The Hall–Kier alpha value is -2.94. The molecule has 0 aliphatic carbocycles. The van der Waals surface area contributed by atoms with Crippen LogP contribution in [-0.4, -0.2) is 19.8 Å². The van der Waals surface area contributed by atoms with Crippen molar-refractivity contribution in [2.75, 3.05) is 0 Å². The highest BCUT2D eigenvalue weighted by Crippen LogP contribution is 2.36. The lowest BCUT2D eigenvalue weighted by molar-refractivity contribution is -0.396. The first-order chi connectivity index (χ1) is 10.5. The third-order valence-corrected chi connectivity index (χ3v) is 3.88. The molecule has 0 spiro atoms. The molecule has 0 aliphatic heterocycles. The molecule has 0 unspecified atom stereocenters. The zero-order chi connectivity index (χ0) is 15.7. The first-order valence-corrected chi connectivity index (χ1v) is 6.91. The van der Waals surface area contributed by atoms with E-state index < -0.39 is 9.85 Å². The fourth-order valence-corrected chi connectivity index (χ4v) is 2.82. The van der Waals surface area contributed by atoms with Crippen molar-refractivity contribution in [1.29, 1.82) is 0 Å². The maximum Gasteiger partial charge on any atom is 0.290 e. The Balaban J connectivity index is 2.00. The fourth-order valence-electron chi connectivity index (χ4n) is 1.93. The summed E-state index contributed by atoms with van der Waals surface area (Å²) in [5.41, 5.74) is 0.921. The van der Waals surface area contributed by atoms with Crippen molar-refractivity contribution in [1.82, 2.24) is 9.97 Å². The van der Waals surface area contributed by atoms with E-state index in [1.165, 1.54) is 12.1 Å². The number of aromatic amines is 1. The average Bonchev–Trinajstić information content (AvgIpc) is 2.89. The monoisotopic (exact) mass is 316 g/mol. The number of aromatic nitrogens is 2. The summed E-state index contributed by atoms with van der Waals surface area (Å²) in [5, 5.41) is 22.3. The third kappa shape index (κ3) is 2.61. The van der Waals surface area contributed by atoms with Gasteiger partial charge in [0.25, 0.3) is 11.4 Å². The number of imidazole rings is 1. The number of hydrogen-bond donors (Lipinski definition) is 1. The van der Waals surface area contributed by atoms with Gasteiger partial charge in [0.1, 0.15) is 0 Å². The quantitative estimate of drug-likeness (QED) is 0.581. The largest absolute Gasteiger partial charge is 0.333 e. The molecule has 3 rings (SSSR count). The van der Waals surface area contributed by atoms with Crippen LogP contribution in [0.3, 0.4) is 0 Å². The van der Waals surface area contributed by atoms with E-state index in [1.54, 1.807) is 0 Å². The van der Waals surface area contributed by atoms with E-state index >= 15 is 0 Å². The number of nitro groups is 2. The highest BCUT2D eigenvalue weighted by atomic mass is 32.2. The molecule has 0 bridgehead atoms. The number of para-hydroxylation sites is 2. The number of fused-ring (bicyclic) bond motifs is 1. The van der Waals surface area contributed by atoms with E-state index in [0.29, 0.717) is 5.16 Å². The van der Waals surface area contributed by atoms with E-state index in [-0.39, 0.29) is 16.3 Å². The number of rotatable bonds is 4. The van der Waals surface area contributed by atoms with Gasteiger partial charge in [0, 0.05) is 6.07 Å². The maximum atomic E-state index is 11.1. The van der Waals surface area contributed by atoms with Crippen LogP contribution in [0.15, 0.2) is 52.5 Å². The van der Waals surface area contributed by atoms with Crippen LogP contribution in [0.25, 0.3) is 11.0 Å². The predicted molar refractivity (Wildman–Crippen MR) is 80.0 cm³/mol. The second-order valence-corrected chi connectivity index (χ2v) is 5.36. The van der Waals surface area contributed by atoms with Crippen LogP contribution in [0.2, 0.25) is 0 Å². The van der Waals surface area contributed by atoms with Gasteiger partial charge in [-0.05, 0) is 30.0 Å². The van der Waals surface area contributed by atoms with Crippen molar-refractivity contribution >= 4 is 34.2 Å². The van der Waals surface area contributed by atoms with Crippen molar-refractivity contribution in [2.24, 2.45) is 0 Å². The van der Waals surface area contributed by atoms with Crippen LogP contribution >= 0.6 is 11.8 Å². The highest BCUT2D eigenvalue weighted by molar-refractivity contribution is 7.99. The smallest absolute Gasteiger partial charge is 0.290 e. The Morgan fingerprint density at radius 3 is 2.50 bits per heavy atom. The van der Waals surface area contributed by atoms with E-state index in [2.05, 4.69) is 9.97 Å². The molecule has 1 heterocycles. The summed E-state index contributed by atoms with van der Waals surface area (Å²) in [6.45, 7) is 0. The fraction of sp³-hybridized carbons (Fsp3) is 0. The van der Waals surface area contributed by atoms with Gasteiger partial charge >= 0.3 is 0 Å². The van der Waals surface area contributed by atoms with Gasteiger partial charge in [0.2, 0.25) is 0 Å². The van der Waals surface area contributed by atoms with E-state index in [9.17, 15) is 20.2 Å². The van der Waals surface area contributed by atoms with Crippen molar-refractivity contribution in [2.45, 2.75) is 10.1 Å². The normalized spacial score (nSPS) is 10.7. The molecule has 0 radical (unpaired) electrons. The Bertz CT molecular complexity index is 860. The molecule has 0 saturated heterocycles. The maximum absolute atomic E-state index is 11.1. The number of benzene rings is 2. The van der Waals surface area contributed by atoms with Crippen LogP contribution in [0.5, 0.6) is 0 Å². The van der Waals surface area contributed by atoms with Crippen LogP contribution in [0.1, 0.15) is 0 Å². The van der Waals surface area contributed by atoms with Gasteiger partial charge < -0.3 is 4.98 Å². The van der Waals surface area contributed by atoms with Crippen molar-refractivity contribution in [3.8, 4) is 0 Å². The first kappa shape index (κ1) is 14.0. The number of nitrogens with zero attached hydrogens (tertiary/aromatic N) is 3. The molecule has 1 aromatic heterocycles. The van der Waals surface area contributed by atoms with Crippen LogP contribution < -0.4 is 0 Å². The van der Waals surface area contributed by atoms with Gasteiger partial charge in [-0.2, -0.15) is 0 Å². The molecule has 0 saturated carbocycles. The van der Waals surface area contributed by atoms with E-state index in [0.717, 1.165) is 28.9 Å². The minimum Gasteiger partial charge on any atom is -0.333 e. The Kier molecular flexibility index (Phi) is 3.47. The summed E-state index contributed by atoms with van der Waals surface area (Å²) >= 11 is 1.06. The lowest BCUT2D eigenvalue weighted by Gasteiger charge is -2.00. The Morgan fingerprint density at radius 2 is 1.82 bits per heavy atom. The molecule has 0 amide bonds. The topological polar surface area (TPSA) is 115 Å². The van der Waals surface area contributed by atoms with Gasteiger partial charge in [-0.25, -0.2) is 4.98 Å². The van der Waals surface area contributed by atoms with Crippen molar-refractivity contribution in [3.05, 3.63) is 62.7 Å². The molecule has 0 fully saturated rings. The number of nitro benzene ring substituents is 2. The molecule has 3 aromatic rings. The van der Waals surface area contributed by atoms with E-state index in [1.807, 2.05) is 24.3 Å².